The first-order chi connectivity index (χ1) is 11.2. The Balaban J connectivity index is 2.03. The third-order valence-electron chi connectivity index (χ3n) is 3.79. The summed E-state index contributed by atoms with van der Waals surface area (Å²) in [5.41, 5.74) is 3.33. The molecular weight excluding hydrogens is 308 g/mol. The van der Waals surface area contributed by atoms with Gasteiger partial charge in [-0.3, -0.25) is 4.40 Å². The lowest BCUT2D eigenvalue weighted by atomic mass is 10.1. The molecule has 23 heavy (non-hydrogen) atoms. The Bertz CT molecular complexity index is 1010. The molecule has 0 unspecified atom stereocenters. The van der Waals surface area contributed by atoms with Crippen LogP contribution in [0.2, 0.25) is 5.02 Å². The van der Waals surface area contributed by atoms with E-state index in [1.54, 1.807) is 12.1 Å². The van der Waals surface area contributed by atoms with Crippen LogP contribution in [0.15, 0.2) is 72.9 Å². The SMILES string of the molecule is Oc1ccccc1-c1nc(-c2cccc(Cl)c2)n2ccccc12. The highest BCUT2D eigenvalue weighted by Crippen LogP contribution is 2.34. The number of halogens is 1. The number of phenolic OH excluding ortho intramolecular Hbond substituents is 1. The molecule has 2 heterocycles. The zero-order chi connectivity index (χ0) is 15.8. The number of aromatic nitrogens is 2. The van der Waals surface area contributed by atoms with Gasteiger partial charge in [-0.1, -0.05) is 41.9 Å². The number of nitrogens with zero attached hydrogens (tertiary/aromatic N) is 2. The molecule has 0 bridgehead atoms. The first kappa shape index (κ1) is 13.9. The van der Waals surface area contributed by atoms with E-state index in [4.69, 9.17) is 16.6 Å². The summed E-state index contributed by atoms with van der Waals surface area (Å²) < 4.78 is 2.01. The molecular formula is C19H13ClN2O. The Hall–Kier alpha value is -2.78. The number of para-hydroxylation sites is 1. The fraction of sp³-hybridized carbons (Fsp3) is 0. The molecule has 112 valence electrons. The summed E-state index contributed by atoms with van der Waals surface area (Å²) in [7, 11) is 0. The lowest BCUT2D eigenvalue weighted by molar-refractivity contribution is 0.477. The van der Waals surface area contributed by atoms with Crippen LogP contribution in [-0.2, 0) is 0 Å². The predicted octanol–water partition coefficient (Wildman–Crippen LogP) is 5.03. The minimum Gasteiger partial charge on any atom is -0.507 e. The van der Waals surface area contributed by atoms with Gasteiger partial charge in [0, 0.05) is 22.3 Å². The van der Waals surface area contributed by atoms with Gasteiger partial charge >= 0.3 is 0 Å². The number of aromatic hydroxyl groups is 1. The molecule has 0 atom stereocenters. The predicted molar refractivity (Wildman–Crippen MR) is 92.7 cm³/mol. The molecule has 1 N–H and O–H groups in total. The molecule has 4 heteroatoms. The van der Waals surface area contributed by atoms with Gasteiger partial charge in [-0.25, -0.2) is 4.98 Å². The summed E-state index contributed by atoms with van der Waals surface area (Å²) >= 11 is 6.12. The van der Waals surface area contributed by atoms with Gasteiger partial charge in [-0.15, -0.1) is 0 Å². The van der Waals surface area contributed by atoms with Crippen LogP contribution in [0.25, 0.3) is 28.2 Å². The number of imidazole rings is 1. The van der Waals surface area contributed by atoms with E-state index in [0.29, 0.717) is 10.6 Å². The molecule has 0 radical (unpaired) electrons. The second kappa shape index (κ2) is 5.45. The molecule has 0 aliphatic rings. The molecule has 3 nitrogen and oxygen atoms in total. The maximum absolute atomic E-state index is 10.2. The lowest BCUT2D eigenvalue weighted by Crippen LogP contribution is -1.87. The number of pyridine rings is 1. The van der Waals surface area contributed by atoms with Crippen LogP contribution in [0.3, 0.4) is 0 Å². The van der Waals surface area contributed by atoms with Gasteiger partial charge < -0.3 is 5.11 Å². The van der Waals surface area contributed by atoms with E-state index < -0.39 is 0 Å². The molecule has 2 aromatic heterocycles. The maximum Gasteiger partial charge on any atom is 0.145 e. The monoisotopic (exact) mass is 320 g/mol. The Kier molecular flexibility index (Phi) is 3.28. The molecule has 0 fully saturated rings. The van der Waals surface area contributed by atoms with Crippen molar-refractivity contribution in [3.63, 3.8) is 0 Å². The summed E-state index contributed by atoms with van der Waals surface area (Å²) in [5.74, 6) is 1.01. The zero-order valence-corrected chi connectivity index (χ0v) is 12.9. The molecule has 0 aliphatic heterocycles. The highest BCUT2D eigenvalue weighted by molar-refractivity contribution is 6.30. The number of hydrogen-bond acceptors (Lipinski definition) is 2. The molecule has 0 amide bonds. The maximum atomic E-state index is 10.2. The summed E-state index contributed by atoms with van der Waals surface area (Å²) in [5, 5.41) is 10.8. The van der Waals surface area contributed by atoms with E-state index in [-0.39, 0.29) is 5.75 Å². The van der Waals surface area contributed by atoms with Crippen LogP contribution in [0.1, 0.15) is 0 Å². The third-order valence-corrected chi connectivity index (χ3v) is 4.03. The van der Waals surface area contributed by atoms with Gasteiger partial charge in [0.1, 0.15) is 17.3 Å². The van der Waals surface area contributed by atoms with Crippen LogP contribution in [0.5, 0.6) is 5.75 Å². The van der Waals surface area contributed by atoms with Crippen LogP contribution in [0.4, 0.5) is 0 Å². The second-order valence-corrected chi connectivity index (χ2v) is 5.70. The van der Waals surface area contributed by atoms with Crippen molar-refractivity contribution in [2.75, 3.05) is 0 Å². The number of rotatable bonds is 2. The smallest absolute Gasteiger partial charge is 0.145 e. The number of benzene rings is 2. The molecule has 0 aliphatic carbocycles. The van der Waals surface area contributed by atoms with Crippen molar-refractivity contribution >= 4 is 17.1 Å². The molecule has 4 aromatic rings. The van der Waals surface area contributed by atoms with Gasteiger partial charge in [0.25, 0.3) is 0 Å². The van der Waals surface area contributed by atoms with Crippen LogP contribution >= 0.6 is 11.6 Å². The molecule has 0 saturated heterocycles. The summed E-state index contributed by atoms with van der Waals surface area (Å²) in [6.07, 6.45) is 1.96. The topological polar surface area (TPSA) is 37.5 Å². The average molecular weight is 321 g/mol. The van der Waals surface area contributed by atoms with Crippen molar-refractivity contribution in [3.05, 3.63) is 77.9 Å². The quantitative estimate of drug-likeness (QED) is 0.562. The Morgan fingerprint density at radius 3 is 2.57 bits per heavy atom. The largest absolute Gasteiger partial charge is 0.507 e. The van der Waals surface area contributed by atoms with E-state index in [1.165, 1.54) is 0 Å². The fourth-order valence-electron chi connectivity index (χ4n) is 2.74. The Morgan fingerprint density at radius 1 is 0.913 bits per heavy atom. The third kappa shape index (κ3) is 2.35. The number of hydrogen-bond donors (Lipinski definition) is 1. The zero-order valence-electron chi connectivity index (χ0n) is 12.1. The van der Waals surface area contributed by atoms with E-state index in [9.17, 15) is 5.11 Å². The second-order valence-electron chi connectivity index (χ2n) is 5.27. The molecule has 0 spiro atoms. The van der Waals surface area contributed by atoms with Gasteiger partial charge in [-0.2, -0.15) is 0 Å². The van der Waals surface area contributed by atoms with Crippen LogP contribution in [-0.4, -0.2) is 14.5 Å². The lowest BCUT2D eigenvalue weighted by Gasteiger charge is -2.01. The van der Waals surface area contributed by atoms with E-state index in [2.05, 4.69) is 0 Å². The fourth-order valence-corrected chi connectivity index (χ4v) is 2.93. The summed E-state index contributed by atoms with van der Waals surface area (Å²) in [6.45, 7) is 0. The average Bonchev–Trinajstić information content (AvgIpc) is 2.95. The van der Waals surface area contributed by atoms with Crippen LogP contribution < -0.4 is 0 Å². The van der Waals surface area contributed by atoms with Gasteiger partial charge in [0.05, 0.1) is 5.52 Å². The molecule has 2 aromatic carbocycles. The first-order valence-corrected chi connectivity index (χ1v) is 7.63. The van der Waals surface area contributed by atoms with E-state index in [1.807, 2.05) is 65.2 Å². The van der Waals surface area contributed by atoms with Gasteiger partial charge in [-0.05, 0) is 36.4 Å². The van der Waals surface area contributed by atoms with Crippen LogP contribution in [0, 0.1) is 0 Å². The normalized spacial score (nSPS) is 11.0. The number of fused-ring (bicyclic) bond motifs is 1. The van der Waals surface area contributed by atoms with Crippen molar-refractivity contribution in [1.29, 1.82) is 0 Å². The van der Waals surface area contributed by atoms with Crippen molar-refractivity contribution < 1.29 is 5.11 Å². The van der Waals surface area contributed by atoms with E-state index in [0.717, 1.165) is 22.6 Å². The van der Waals surface area contributed by atoms with Crippen molar-refractivity contribution in [2.45, 2.75) is 0 Å². The first-order valence-electron chi connectivity index (χ1n) is 7.25. The Labute approximate surface area is 138 Å². The summed E-state index contributed by atoms with van der Waals surface area (Å²) in [4.78, 5) is 4.78. The van der Waals surface area contributed by atoms with Gasteiger partial charge in [0.15, 0.2) is 0 Å². The minimum atomic E-state index is 0.217. The van der Waals surface area contributed by atoms with Crippen molar-refractivity contribution in [2.24, 2.45) is 0 Å². The number of phenols is 1. The van der Waals surface area contributed by atoms with Gasteiger partial charge in [0.2, 0.25) is 0 Å². The summed E-state index contributed by atoms with van der Waals surface area (Å²) in [6, 6.07) is 20.7. The minimum absolute atomic E-state index is 0.217. The van der Waals surface area contributed by atoms with Crippen molar-refractivity contribution in [1.82, 2.24) is 9.38 Å². The molecule has 0 saturated carbocycles. The highest BCUT2D eigenvalue weighted by Gasteiger charge is 2.16. The van der Waals surface area contributed by atoms with E-state index >= 15 is 0 Å². The van der Waals surface area contributed by atoms with Crippen molar-refractivity contribution in [3.8, 4) is 28.4 Å². The molecule has 4 rings (SSSR count). The highest BCUT2D eigenvalue weighted by atomic mass is 35.5. The Morgan fingerprint density at radius 2 is 1.74 bits per heavy atom. The standard InChI is InChI=1S/C19H13ClN2O/c20-14-7-5-6-13(12-14)19-21-18(15-8-1-2-10-17(15)23)16-9-3-4-11-22(16)19/h1-12,23H.